The Morgan fingerprint density at radius 3 is 2.68 bits per heavy atom. The van der Waals surface area contributed by atoms with Gasteiger partial charge in [-0.2, -0.15) is 9.61 Å². The summed E-state index contributed by atoms with van der Waals surface area (Å²) < 4.78 is 3.63. The number of hydrogen-bond acceptors (Lipinski definition) is 5. The molecule has 0 radical (unpaired) electrons. The number of rotatable bonds is 7. The van der Waals surface area contributed by atoms with Gasteiger partial charge >= 0.3 is 0 Å². The first-order valence-electron chi connectivity index (χ1n) is 12.1. The van der Waals surface area contributed by atoms with Gasteiger partial charge < -0.3 is 4.90 Å². The molecule has 4 heterocycles. The number of amides is 1. The van der Waals surface area contributed by atoms with Crippen LogP contribution in [0.25, 0.3) is 11.5 Å². The second kappa shape index (κ2) is 9.37. The molecule has 34 heavy (non-hydrogen) atoms. The normalized spacial score (nSPS) is 16.0. The summed E-state index contributed by atoms with van der Waals surface area (Å²) in [4.78, 5) is 15.0. The summed E-state index contributed by atoms with van der Waals surface area (Å²) in [5, 5.41) is 17.8. The molecule has 1 unspecified atom stereocenters. The maximum atomic E-state index is 13.0. The first kappa shape index (κ1) is 22.3. The summed E-state index contributed by atoms with van der Waals surface area (Å²) in [6.45, 7) is 7.80. The number of benzene rings is 1. The van der Waals surface area contributed by atoms with Crippen LogP contribution in [0.5, 0.6) is 0 Å². The summed E-state index contributed by atoms with van der Waals surface area (Å²) in [6.07, 6.45) is 4.06. The molecule has 1 aromatic carbocycles. The van der Waals surface area contributed by atoms with Crippen LogP contribution < -0.4 is 0 Å². The van der Waals surface area contributed by atoms with Gasteiger partial charge in [-0.25, -0.2) is 4.68 Å². The van der Waals surface area contributed by atoms with Crippen molar-refractivity contribution in [3.63, 3.8) is 0 Å². The van der Waals surface area contributed by atoms with Crippen LogP contribution in [0.3, 0.4) is 0 Å². The van der Waals surface area contributed by atoms with Gasteiger partial charge in [0, 0.05) is 31.6 Å². The van der Waals surface area contributed by atoms with E-state index in [0.29, 0.717) is 18.8 Å². The Hall–Kier alpha value is -3.55. The van der Waals surface area contributed by atoms with E-state index in [-0.39, 0.29) is 5.91 Å². The Morgan fingerprint density at radius 2 is 1.88 bits per heavy atom. The van der Waals surface area contributed by atoms with E-state index in [9.17, 15) is 4.79 Å². The van der Waals surface area contributed by atoms with E-state index in [4.69, 9.17) is 10.2 Å². The van der Waals surface area contributed by atoms with Crippen LogP contribution in [0.15, 0.2) is 42.5 Å². The average Bonchev–Trinajstić information content (AvgIpc) is 3.55. The second-order valence-electron chi connectivity index (χ2n) is 9.18. The summed E-state index contributed by atoms with van der Waals surface area (Å²) >= 11 is 0. The van der Waals surface area contributed by atoms with Crippen molar-refractivity contribution in [3.8, 4) is 5.82 Å². The van der Waals surface area contributed by atoms with Gasteiger partial charge in [-0.15, -0.1) is 15.3 Å². The lowest BCUT2D eigenvalue weighted by atomic mass is 9.99. The number of aryl methyl sites for hydroxylation is 2. The molecule has 1 saturated heterocycles. The number of fused-ring (bicyclic) bond motifs is 1. The lowest BCUT2D eigenvalue weighted by Gasteiger charge is -2.17. The van der Waals surface area contributed by atoms with Crippen molar-refractivity contribution in [2.45, 2.75) is 52.9 Å². The zero-order valence-electron chi connectivity index (χ0n) is 20.1. The largest absolute Gasteiger partial charge is 0.342 e. The molecule has 1 atom stereocenters. The third-order valence-electron chi connectivity index (χ3n) is 6.88. The van der Waals surface area contributed by atoms with Crippen LogP contribution >= 0.6 is 0 Å². The van der Waals surface area contributed by atoms with Crippen LogP contribution in [0.1, 0.15) is 48.1 Å². The molecule has 8 nitrogen and oxygen atoms in total. The van der Waals surface area contributed by atoms with E-state index >= 15 is 0 Å². The summed E-state index contributed by atoms with van der Waals surface area (Å²) in [6, 6.07) is 14.4. The third kappa shape index (κ3) is 4.32. The van der Waals surface area contributed by atoms with Crippen molar-refractivity contribution in [2.24, 2.45) is 5.92 Å². The minimum absolute atomic E-state index is 0.235. The topological polar surface area (TPSA) is 81.2 Å². The maximum absolute atomic E-state index is 13.0. The molecule has 0 N–H and O–H groups in total. The molecule has 0 spiro atoms. The number of carbonyl (C=O) groups is 1. The molecule has 176 valence electrons. The van der Waals surface area contributed by atoms with Crippen molar-refractivity contribution < 1.29 is 4.79 Å². The number of likely N-dealkylation sites (tertiary alicyclic amines) is 1. The number of carbonyl (C=O) groups excluding carboxylic acids is 1. The van der Waals surface area contributed by atoms with Gasteiger partial charge in [-0.05, 0) is 62.3 Å². The molecule has 0 saturated carbocycles. The van der Waals surface area contributed by atoms with Crippen molar-refractivity contribution >= 4 is 11.6 Å². The van der Waals surface area contributed by atoms with Crippen molar-refractivity contribution in [3.05, 3.63) is 70.8 Å². The van der Waals surface area contributed by atoms with Gasteiger partial charge in [0.1, 0.15) is 0 Å². The van der Waals surface area contributed by atoms with Crippen molar-refractivity contribution in [1.82, 2.24) is 34.5 Å². The molecule has 3 aromatic heterocycles. The highest BCUT2D eigenvalue weighted by atomic mass is 16.2. The number of aromatic nitrogens is 6. The molecule has 4 aromatic rings. The van der Waals surface area contributed by atoms with E-state index in [1.165, 1.54) is 5.56 Å². The molecule has 1 aliphatic rings. The molecule has 1 fully saturated rings. The van der Waals surface area contributed by atoms with Gasteiger partial charge in [-0.1, -0.05) is 37.3 Å². The summed E-state index contributed by atoms with van der Waals surface area (Å²) in [7, 11) is 0. The average molecular weight is 458 g/mol. The quantitative estimate of drug-likeness (QED) is 0.424. The lowest BCUT2D eigenvalue weighted by molar-refractivity contribution is -0.130. The molecule has 5 rings (SSSR count). The molecule has 8 heteroatoms. The first-order chi connectivity index (χ1) is 16.5. The van der Waals surface area contributed by atoms with Crippen LogP contribution in [0, 0.1) is 19.8 Å². The Kier molecular flexibility index (Phi) is 6.13. The predicted octanol–water partition coefficient (Wildman–Crippen LogP) is 3.51. The van der Waals surface area contributed by atoms with Gasteiger partial charge in [0.05, 0.1) is 5.69 Å². The zero-order chi connectivity index (χ0) is 23.7. The van der Waals surface area contributed by atoms with Crippen LogP contribution in [0.2, 0.25) is 0 Å². The minimum Gasteiger partial charge on any atom is -0.342 e. The maximum Gasteiger partial charge on any atom is 0.222 e. The SMILES string of the molecule is CCc1nnc2ccc(-n3nc(C)c(CCC(=O)N4CCC(Cc5ccccc5)C4)c3C)nn12. The fraction of sp³-hybridized carbons (Fsp3) is 0.423. The Balaban J connectivity index is 1.25. The Labute approximate surface area is 199 Å². The third-order valence-corrected chi connectivity index (χ3v) is 6.88. The Bertz CT molecular complexity index is 1310. The van der Waals surface area contributed by atoms with Gasteiger partial charge in [0.25, 0.3) is 0 Å². The van der Waals surface area contributed by atoms with Crippen LogP contribution in [-0.4, -0.2) is 53.5 Å². The smallest absolute Gasteiger partial charge is 0.222 e. The second-order valence-corrected chi connectivity index (χ2v) is 9.18. The minimum atomic E-state index is 0.235. The van der Waals surface area contributed by atoms with Crippen molar-refractivity contribution in [2.75, 3.05) is 13.1 Å². The van der Waals surface area contributed by atoms with Gasteiger partial charge in [-0.3, -0.25) is 4.79 Å². The molecule has 0 aliphatic carbocycles. The highest BCUT2D eigenvalue weighted by Crippen LogP contribution is 2.23. The summed E-state index contributed by atoms with van der Waals surface area (Å²) in [5.41, 5.74) is 5.16. The highest BCUT2D eigenvalue weighted by molar-refractivity contribution is 5.76. The first-order valence-corrected chi connectivity index (χ1v) is 12.1. The fourth-order valence-corrected chi connectivity index (χ4v) is 4.98. The lowest BCUT2D eigenvalue weighted by Crippen LogP contribution is -2.29. The number of hydrogen-bond donors (Lipinski definition) is 0. The summed E-state index contributed by atoms with van der Waals surface area (Å²) in [5.74, 6) is 2.33. The zero-order valence-corrected chi connectivity index (χ0v) is 20.1. The van der Waals surface area contributed by atoms with E-state index in [1.54, 1.807) is 4.52 Å². The standard InChI is InChI=1S/C26H31N7O/c1-4-23-27-28-24-11-12-25(30-33(23)24)32-19(3)22(18(2)29-32)10-13-26(34)31-15-14-21(17-31)16-20-8-6-5-7-9-20/h5-9,11-12,21H,4,10,13-17H2,1-3H3. The van der Waals surface area contributed by atoms with Gasteiger partial charge in [0.2, 0.25) is 5.91 Å². The van der Waals surface area contributed by atoms with Gasteiger partial charge in [0.15, 0.2) is 17.3 Å². The fourth-order valence-electron chi connectivity index (χ4n) is 4.98. The van der Waals surface area contributed by atoms with E-state index < -0.39 is 0 Å². The van der Waals surface area contributed by atoms with Crippen LogP contribution in [0.4, 0.5) is 0 Å². The highest BCUT2D eigenvalue weighted by Gasteiger charge is 2.26. The number of nitrogens with zero attached hydrogens (tertiary/aromatic N) is 7. The molecule has 0 bridgehead atoms. The monoisotopic (exact) mass is 457 g/mol. The van der Waals surface area contributed by atoms with E-state index in [0.717, 1.165) is 66.6 Å². The molecule has 1 aliphatic heterocycles. The van der Waals surface area contributed by atoms with E-state index in [1.807, 2.05) is 48.6 Å². The van der Waals surface area contributed by atoms with Crippen LogP contribution in [-0.2, 0) is 24.1 Å². The van der Waals surface area contributed by atoms with Crippen molar-refractivity contribution in [1.29, 1.82) is 0 Å². The predicted molar refractivity (Wildman–Crippen MR) is 130 cm³/mol. The molecular formula is C26H31N7O. The Morgan fingerprint density at radius 1 is 1.06 bits per heavy atom. The molecule has 1 amide bonds. The molecular weight excluding hydrogens is 426 g/mol. The van der Waals surface area contributed by atoms with E-state index in [2.05, 4.69) is 34.5 Å².